The van der Waals surface area contributed by atoms with Crippen LogP contribution in [0.1, 0.15) is 5.56 Å². The van der Waals surface area contributed by atoms with Gasteiger partial charge in [-0.25, -0.2) is 8.42 Å². The lowest BCUT2D eigenvalue weighted by Gasteiger charge is -2.31. The second-order valence-electron chi connectivity index (χ2n) is 6.13. The molecule has 2 aromatic rings. The van der Waals surface area contributed by atoms with E-state index in [1.54, 1.807) is 16.4 Å². The minimum Gasteiger partial charge on any atom is -0.329 e. The van der Waals surface area contributed by atoms with Crippen LogP contribution in [0.25, 0.3) is 6.08 Å². The average Bonchev–Trinajstić information content (AvgIpc) is 2.63. The van der Waals surface area contributed by atoms with Gasteiger partial charge in [-0.3, -0.25) is 0 Å². The van der Waals surface area contributed by atoms with E-state index in [9.17, 15) is 8.42 Å². The Kier molecular flexibility index (Phi) is 6.27. The number of sulfonamides is 1. The van der Waals surface area contributed by atoms with E-state index in [1.807, 2.05) is 30.3 Å². The minimum atomic E-state index is -3.37. The van der Waals surface area contributed by atoms with E-state index < -0.39 is 10.0 Å². The van der Waals surface area contributed by atoms with Gasteiger partial charge in [-0.2, -0.15) is 4.31 Å². The van der Waals surface area contributed by atoms with Crippen LogP contribution < -0.4 is 4.90 Å². The predicted octanol–water partition coefficient (Wildman–Crippen LogP) is 1.89. The van der Waals surface area contributed by atoms with Gasteiger partial charge in [-0.05, 0) is 58.5 Å². The third kappa shape index (κ3) is 4.91. The van der Waals surface area contributed by atoms with Crippen molar-refractivity contribution in [2.24, 2.45) is 0 Å². The molecule has 1 heterocycles. The zero-order valence-electron chi connectivity index (χ0n) is 13.9. The smallest absolute Gasteiger partial charge is 0.243 e. The first-order chi connectivity index (χ1) is 12.1. The summed E-state index contributed by atoms with van der Waals surface area (Å²) < 4.78 is 28.1. The van der Waals surface area contributed by atoms with Gasteiger partial charge in [-0.15, -0.1) is 0 Å². The quantitative estimate of drug-likeness (QED) is 0.680. The molecule has 0 amide bonds. The second-order valence-corrected chi connectivity index (χ2v) is 9.31. The van der Waals surface area contributed by atoms with Crippen LogP contribution in [0, 0.1) is 3.57 Å². The van der Waals surface area contributed by atoms with Crippen molar-refractivity contribution in [3.05, 3.63) is 69.8 Å². The highest BCUT2D eigenvalue weighted by molar-refractivity contribution is 14.1. The van der Waals surface area contributed by atoms with Crippen molar-refractivity contribution in [2.45, 2.75) is 4.90 Å². The number of nitrogens with zero attached hydrogens (tertiary/aromatic N) is 1. The van der Waals surface area contributed by atoms with E-state index in [-0.39, 0.29) is 0 Å². The lowest BCUT2D eigenvalue weighted by atomic mass is 10.2. The van der Waals surface area contributed by atoms with Crippen LogP contribution in [0.4, 0.5) is 0 Å². The van der Waals surface area contributed by atoms with Gasteiger partial charge in [0.25, 0.3) is 0 Å². The average molecular weight is 469 g/mol. The first kappa shape index (κ1) is 18.6. The molecule has 0 spiro atoms. The maximum atomic E-state index is 12.7. The van der Waals surface area contributed by atoms with Gasteiger partial charge in [0.15, 0.2) is 0 Å². The molecule has 1 fully saturated rings. The summed E-state index contributed by atoms with van der Waals surface area (Å²) in [6.07, 6.45) is 4.30. The molecule has 25 heavy (non-hydrogen) atoms. The van der Waals surface area contributed by atoms with Gasteiger partial charge in [0.2, 0.25) is 10.0 Å². The third-order valence-corrected chi connectivity index (χ3v) is 7.03. The molecule has 132 valence electrons. The van der Waals surface area contributed by atoms with Gasteiger partial charge in [0.1, 0.15) is 0 Å². The summed E-state index contributed by atoms with van der Waals surface area (Å²) in [4.78, 5) is 1.81. The fourth-order valence-electron chi connectivity index (χ4n) is 2.93. The zero-order chi connectivity index (χ0) is 17.7. The van der Waals surface area contributed by atoms with Gasteiger partial charge in [-0.1, -0.05) is 36.4 Å². The van der Waals surface area contributed by atoms with Crippen LogP contribution in [0.3, 0.4) is 0 Å². The zero-order valence-corrected chi connectivity index (χ0v) is 16.9. The number of hydrogen-bond acceptors (Lipinski definition) is 2. The summed E-state index contributed by atoms with van der Waals surface area (Å²) in [6, 6.07) is 17.3. The maximum Gasteiger partial charge on any atom is 0.243 e. The monoisotopic (exact) mass is 469 g/mol. The fourth-order valence-corrected chi connectivity index (χ4v) is 4.73. The SMILES string of the molecule is O=S(=O)(c1ccc(I)cc1)N1CC[NH+](C/C=C/c2ccccc2)CC1. The number of piperazine rings is 1. The maximum absolute atomic E-state index is 12.7. The molecule has 0 aliphatic carbocycles. The standard InChI is InChI=1S/C19H21IN2O2S/c20-18-8-10-19(11-9-18)25(23,24)22-15-13-21(14-16-22)12-4-7-17-5-2-1-3-6-17/h1-11H,12-16H2/p+1/b7-4+. The van der Waals surface area contributed by atoms with E-state index in [1.165, 1.54) is 10.5 Å². The Bertz CT molecular complexity index is 812. The molecule has 2 aromatic carbocycles. The van der Waals surface area contributed by atoms with Gasteiger partial charge < -0.3 is 4.90 Å². The molecule has 6 heteroatoms. The van der Waals surface area contributed by atoms with Crippen LogP contribution >= 0.6 is 22.6 Å². The molecule has 0 unspecified atom stereocenters. The normalized spacial score (nSPS) is 17.2. The second kappa shape index (κ2) is 8.44. The van der Waals surface area contributed by atoms with Gasteiger partial charge in [0, 0.05) is 3.57 Å². The van der Waals surface area contributed by atoms with Crippen LogP contribution in [-0.4, -0.2) is 45.4 Å². The van der Waals surface area contributed by atoms with Crippen molar-refractivity contribution in [2.75, 3.05) is 32.7 Å². The first-order valence-corrected chi connectivity index (χ1v) is 10.9. The van der Waals surface area contributed by atoms with Crippen LogP contribution in [0.2, 0.25) is 0 Å². The number of rotatable bonds is 5. The van der Waals surface area contributed by atoms with Crippen LogP contribution in [0.5, 0.6) is 0 Å². The number of benzene rings is 2. The number of hydrogen-bond donors (Lipinski definition) is 1. The van der Waals surface area contributed by atoms with Crippen molar-refractivity contribution >= 4 is 38.7 Å². The number of halogens is 1. The fraction of sp³-hybridized carbons (Fsp3) is 0.263. The lowest BCUT2D eigenvalue weighted by Crippen LogP contribution is -3.14. The predicted molar refractivity (Wildman–Crippen MR) is 109 cm³/mol. The Labute approximate surface area is 163 Å². The number of nitrogens with one attached hydrogen (secondary N) is 1. The summed E-state index contributed by atoms with van der Waals surface area (Å²) in [5, 5.41) is 0. The van der Waals surface area contributed by atoms with Gasteiger partial charge in [0.05, 0.1) is 37.6 Å². The largest absolute Gasteiger partial charge is 0.329 e. The first-order valence-electron chi connectivity index (χ1n) is 8.36. The van der Waals surface area contributed by atoms with E-state index in [2.05, 4.69) is 46.9 Å². The highest BCUT2D eigenvalue weighted by atomic mass is 127. The molecular weight excluding hydrogens is 447 g/mol. The molecule has 3 rings (SSSR count). The molecule has 1 aliphatic heterocycles. The molecule has 1 aliphatic rings. The van der Waals surface area contributed by atoms with E-state index in [4.69, 9.17) is 0 Å². The van der Waals surface area contributed by atoms with Crippen LogP contribution in [0.15, 0.2) is 65.6 Å². The number of quaternary nitrogens is 1. The molecule has 4 nitrogen and oxygen atoms in total. The van der Waals surface area contributed by atoms with Crippen molar-refractivity contribution < 1.29 is 13.3 Å². The summed E-state index contributed by atoms with van der Waals surface area (Å²) in [5.74, 6) is 0. The summed E-state index contributed by atoms with van der Waals surface area (Å²) in [7, 11) is -3.37. The van der Waals surface area contributed by atoms with Crippen LogP contribution in [-0.2, 0) is 10.0 Å². The topological polar surface area (TPSA) is 41.8 Å². The Hall–Kier alpha value is -1.22. The minimum absolute atomic E-state index is 0.389. The molecule has 0 atom stereocenters. The Balaban J connectivity index is 1.54. The Morgan fingerprint density at radius 3 is 2.28 bits per heavy atom. The van der Waals surface area contributed by atoms with E-state index >= 15 is 0 Å². The van der Waals surface area contributed by atoms with Crippen molar-refractivity contribution in [1.29, 1.82) is 0 Å². The van der Waals surface area contributed by atoms with Gasteiger partial charge >= 0.3 is 0 Å². The summed E-state index contributed by atoms with van der Waals surface area (Å²) >= 11 is 2.18. The highest BCUT2D eigenvalue weighted by Gasteiger charge is 2.29. The highest BCUT2D eigenvalue weighted by Crippen LogP contribution is 2.17. The third-order valence-electron chi connectivity index (χ3n) is 4.40. The summed E-state index contributed by atoms with van der Waals surface area (Å²) in [5.41, 5.74) is 1.20. The molecule has 0 bridgehead atoms. The Morgan fingerprint density at radius 2 is 1.64 bits per heavy atom. The molecule has 0 saturated carbocycles. The summed E-state index contributed by atoms with van der Waals surface area (Å²) in [6.45, 7) is 3.74. The van der Waals surface area contributed by atoms with Crippen molar-refractivity contribution in [3.8, 4) is 0 Å². The van der Waals surface area contributed by atoms with Crippen molar-refractivity contribution in [3.63, 3.8) is 0 Å². The van der Waals surface area contributed by atoms with E-state index in [0.717, 1.165) is 23.2 Å². The molecular formula is C19H22IN2O2S+. The molecule has 0 aromatic heterocycles. The molecule has 1 N–H and O–H groups in total. The Morgan fingerprint density at radius 1 is 1.00 bits per heavy atom. The molecule has 0 radical (unpaired) electrons. The van der Waals surface area contributed by atoms with E-state index in [0.29, 0.717) is 18.0 Å². The lowest BCUT2D eigenvalue weighted by molar-refractivity contribution is -0.897. The van der Waals surface area contributed by atoms with Crippen molar-refractivity contribution in [1.82, 2.24) is 4.31 Å². The molecule has 1 saturated heterocycles.